The average Bonchev–Trinajstić information content (AvgIpc) is 3.17. The Kier molecular flexibility index (Phi) is 7.01. The lowest BCUT2D eigenvalue weighted by Gasteiger charge is -2.33. The average molecular weight is 471 g/mol. The molecule has 0 aromatic heterocycles. The molecule has 3 aromatic carbocycles. The molecular weight excluding hydrogens is 440 g/mol. The number of rotatable bonds is 7. The highest BCUT2D eigenvalue weighted by molar-refractivity contribution is 6.23. The molecular formula is C29H30N2O4. The fourth-order valence-corrected chi connectivity index (χ4v) is 4.50. The van der Waals surface area contributed by atoms with Gasteiger partial charge < -0.3 is 9.64 Å². The van der Waals surface area contributed by atoms with Gasteiger partial charge in [0.1, 0.15) is 11.8 Å². The largest absolute Gasteiger partial charge is 0.497 e. The van der Waals surface area contributed by atoms with Crippen molar-refractivity contribution < 1.29 is 19.1 Å². The van der Waals surface area contributed by atoms with Gasteiger partial charge in [-0.05, 0) is 54.3 Å². The molecule has 0 radical (unpaired) electrons. The van der Waals surface area contributed by atoms with E-state index in [0.717, 1.165) is 11.1 Å². The zero-order valence-electron chi connectivity index (χ0n) is 20.5. The number of anilines is 1. The first-order chi connectivity index (χ1) is 16.8. The molecule has 180 valence electrons. The number of ether oxygens (including phenoxy) is 1. The van der Waals surface area contributed by atoms with Crippen LogP contribution >= 0.6 is 0 Å². The minimum atomic E-state index is -0.916. The molecule has 6 heteroatoms. The van der Waals surface area contributed by atoms with Gasteiger partial charge >= 0.3 is 0 Å². The smallest absolute Gasteiger partial charge is 0.257 e. The van der Waals surface area contributed by atoms with Crippen molar-refractivity contribution in [1.29, 1.82) is 0 Å². The summed E-state index contributed by atoms with van der Waals surface area (Å²) in [5.74, 6) is -0.163. The summed E-state index contributed by atoms with van der Waals surface area (Å²) >= 11 is 0. The number of hydrogen-bond donors (Lipinski definition) is 0. The van der Waals surface area contributed by atoms with E-state index in [0.29, 0.717) is 22.9 Å². The van der Waals surface area contributed by atoms with Crippen LogP contribution in [0.3, 0.4) is 0 Å². The Hall–Kier alpha value is -3.93. The van der Waals surface area contributed by atoms with Gasteiger partial charge in [0, 0.05) is 5.56 Å². The molecule has 0 aliphatic carbocycles. The van der Waals surface area contributed by atoms with Gasteiger partial charge in [-0.1, -0.05) is 62.4 Å². The van der Waals surface area contributed by atoms with Gasteiger partial charge in [0.2, 0.25) is 5.91 Å². The third kappa shape index (κ3) is 4.83. The molecule has 3 amide bonds. The Morgan fingerprint density at radius 3 is 2.23 bits per heavy atom. The van der Waals surface area contributed by atoms with Gasteiger partial charge in [0.15, 0.2) is 0 Å². The summed E-state index contributed by atoms with van der Waals surface area (Å²) in [6.07, 6.45) is -0.0718. The number of carbonyl (C=O) groups is 3. The van der Waals surface area contributed by atoms with Crippen LogP contribution in [0.4, 0.5) is 5.69 Å². The fourth-order valence-electron chi connectivity index (χ4n) is 4.50. The molecule has 0 saturated carbocycles. The molecule has 1 aliphatic rings. The van der Waals surface area contributed by atoms with E-state index < -0.39 is 18.0 Å². The highest BCUT2D eigenvalue weighted by atomic mass is 16.5. The van der Waals surface area contributed by atoms with E-state index in [9.17, 15) is 14.4 Å². The molecule has 1 heterocycles. The number of nitrogens with zero attached hydrogens (tertiary/aromatic N) is 2. The van der Waals surface area contributed by atoms with Crippen molar-refractivity contribution in [3.8, 4) is 5.75 Å². The highest BCUT2D eigenvalue weighted by Gasteiger charge is 2.46. The van der Waals surface area contributed by atoms with Crippen molar-refractivity contribution in [3.05, 3.63) is 95.6 Å². The van der Waals surface area contributed by atoms with Crippen LogP contribution in [-0.4, -0.2) is 35.8 Å². The number of imide groups is 1. The summed E-state index contributed by atoms with van der Waals surface area (Å²) in [5, 5.41) is 0. The summed E-state index contributed by atoms with van der Waals surface area (Å²) in [6.45, 7) is 6.06. The van der Waals surface area contributed by atoms with Gasteiger partial charge in [-0.25, -0.2) is 4.90 Å². The monoisotopic (exact) mass is 470 g/mol. The summed E-state index contributed by atoms with van der Waals surface area (Å²) in [6, 6.07) is 22.5. The molecule has 6 nitrogen and oxygen atoms in total. The molecule has 2 unspecified atom stereocenters. The Labute approximate surface area is 206 Å². The topological polar surface area (TPSA) is 66.9 Å². The van der Waals surface area contributed by atoms with Crippen molar-refractivity contribution in [1.82, 2.24) is 4.90 Å². The fraction of sp³-hybridized carbons (Fsp3) is 0.276. The van der Waals surface area contributed by atoms with E-state index in [1.807, 2.05) is 49.4 Å². The second-order valence-corrected chi connectivity index (χ2v) is 9.06. The van der Waals surface area contributed by atoms with Crippen molar-refractivity contribution in [2.24, 2.45) is 0 Å². The minimum absolute atomic E-state index is 0.0718. The molecule has 4 rings (SSSR count). The number of methoxy groups -OCH3 is 1. The second kappa shape index (κ2) is 10.1. The summed E-state index contributed by atoms with van der Waals surface area (Å²) in [7, 11) is 1.54. The number of carbonyl (C=O) groups excluding carboxylic acids is 3. The molecule has 3 aromatic rings. The van der Waals surface area contributed by atoms with Crippen molar-refractivity contribution in [2.45, 2.75) is 45.2 Å². The third-order valence-corrected chi connectivity index (χ3v) is 6.53. The van der Waals surface area contributed by atoms with E-state index in [2.05, 4.69) is 13.8 Å². The first-order valence-corrected chi connectivity index (χ1v) is 11.8. The third-order valence-electron chi connectivity index (χ3n) is 6.53. The summed E-state index contributed by atoms with van der Waals surface area (Å²) < 4.78 is 5.29. The van der Waals surface area contributed by atoms with E-state index in [1.165, 1.54) is 16.9 Å². The predicted octanol–water partition coefficient (Wildman–Crippen LogP) is 5.35. The highest BCUT2D eigenvalue weighted by Crippen LogP contribution is 2.33. The van der Waals surface area contributed by atoms with Crippen molar-refractivity contribution in [3.63, 3.8) is 0 Å². The number of benzene rings is 3. The predicted molar refractivity (Wildman–Crippen MR) is 135 cm³/mol. The van der Waals surface area contributed by atoms with Gasteiger partial charge in [0.05, 0.1) is 25.3 Å². The van der Waals surface area contributed by atoms with Gasteiger partial charge in [0.25, 0.3) is 11.8 Å². The van der Waals surface area contributed by atoms with Gasteiger partial charge in [-0.3, -0.25) is 14.4 Å². The lowest BCUT2D eigenvalue weighted by molar-refractivity contribution is -0.122. The van der Waals surface area contributed by atoms with Crippen LogP contribution in [0, 0.1) is 0 Å². The van der Waals surface area contributed by atoms with Crippen LogP contribution in [0.1, 0.15) is 60.6 Å². The van der Waals surface area contributed by atoms with Crippen LogP contribution in [0.15, 0.2) is 78.9 Å². The SMILES string of the molecule is COc1cccc(C(=O)N(C2CC(=O)N(c3ccc(C(C)C)cc3)C2=O)C(C)c2ccccc2)c1. The lowest BCUT2D eigenvalue weighted by atomic mass is 10.0. The van der Waals surface area contributed by atoms with Gasteiger partial charge in [-0.15, -0.1) is 0 Å². The molecule has 2 atom stereocenters. The first kappa shape index (κ1) is 24.2. The normalized spacial score (nSPS) is 16.5. The molecule has 1 aliphatic heterocycles. The standard InChI is InChI=1S/C29H30N2O4/c1-19(2)21-13-15-24(16-14-21)31-27(32)18-26(29(31)34)30(20(3)22-9-6-5-7-10-22)28(33)23-11-8-12-25(17-23)35-4/h5-17,19-20,26H,18H2,1-4H3. The van der Waals surface area contributed by atoms with E-state index in [4.69, 9.17) is 4.74 Å². The quantitative estimate of drug-likeness (QED) is 0.437. The van der Waals surface area contributed by atoms with E-state index in [-0.39, 0.29) is 18.2 Å². The molecule has 35 heavy (non-hydrogen) atoms. The van der Waals surface area contributed by atoms with Crippen LogP contribution in [-0.2, 0) is 9.59 Å². The van der Waals surface area contributed by atoms with Crippen LogP contribution in [0.2, 0.25) is 0 Å². The Bertz CT molecular complexity index is 1220. The maximum Gasteiger partial charge on any atom is 0.257 e. The van der Waals surface area contributed by atoms with Crippen LogP contribution in [0.25, 0.3) is 0 Å². The van der Waals surface area contributed by atoms with Crippen LogP contribution < -0.4 is 9.64 Å². The minimum Gasteiger partial charge on any atom is -0.497 e. The maximum absolute atomic E-state index is 13.8. The lowest BCUT2D eigenvalue weighted by Crippen LogP contribution is -2.46. The van der Waals surface area contributed by atoms with Gasteiger partial charge in [-0.2, -0.15) is 0 Å². The van der Waals surface area contributed by atoms with Crippen molar-refractivity contribution >= 4 is 23.4 Å². The second-order valence-electron chi connectivity index (χ2n) is 9.06. The Morgan fingerprint density at radius 1 is 0.914 bits per heavy atom. The van der Waals surface area contributed by atoms with Crippen LogP contribution in [0.5, 0.6) is 5.75 Å². The Morgan fingerprint density at radius 2 is 1.60 bits per heavy atom. The molecule has 0 N–H and O–H groups in total. The zero-order valence-corrected chi connectivity index (χ0v) is 20.5. The molecule has 1 fully saturated rings. The Balaban J connectivity index is 1.72. The van der Waals surface area contributed by atoms with E-state index in [1.54, 1.807) is 36.4 Å². The number of amides is 3. The molecule has 1 saturated heterocycles. The zero-order chi connectivity index (χ0) is 25.1. The molecule has 0 spiro atoms. The summed E-state index contributed by atoms with van der Waals surface area (Å²) in [4.78, 5) is 43.3. The van der Waals surface area contributed by atoms with Crippen molar-refractivity contribution in [2.75, 3.05) is 12.0 Å². The summed E-state index contributed by atoms with van der Waals surface area (Å²) in [5.41, 5.74) is 2.92. The van der Waals surface area contributed by atoms with E-state index >= 15 is 0 Å². The maximum atomic E-state index is 13.8. The number of hydrogen-bond acceptors (Lipinski definition) is 4. The first-order valence-electron chi connectivity index (χ1n) is 11.8. The molecule has 0 bridgehead atoms.